The van der Waals surface area contributed by atoms with E-state index in [-0.39, 0.29) is 5.91 Å². The van der Waals surface area contributed by atoms with E-state index in [2.05, 4.69) is 26.5 Å². The van der Waals surface area contributed by atoms with Gasteiger partial charge in [-0.1, -0.05) is 17.7 Å². The van der Waals surface area contributed by atoms with Crippen LogP contribution in [0.5, 0.6) is 5.75 Å². The molecule has 0 aliphatic rings. The number of ether oxygens (including phenoxy) is 1. The van der Waals surface area contributed by atoms with Gasteiger partial charge in [0.2, 0.25) is 0 Å². The lowest BCUT2D eigenvalue weighted by Gasteiger charge is -2.04. The minimum atomic E-state index is -0.314. The van der Waals surface area contributed by atoms with Crippen LogP contribution in [-0.2, 0) is 0 Å². The summed E-state index contributed by atoms with van der Waals surface area (Å²) in [4.78, 5) is 12.0. The lowest BCUT2D eigenvalue weighted by molar-refractivity contribution is 0.0955. The molecule has 4 nitrogen and oxygen atoms in total. The van der Waals surface area contributed by atoms with Crippen LogP contribution >= 0.6 is 27.5 Å². The van der Waals surface area contributed by atoms with E-state index in [1.54, 1.807) is 31.5 Å². The number of benzene rings is 2. The van der Waals surface area contributed by atoms with Gasteiger partial charge < -0.3 is 4.74 Å². The van der Waals surface area contributed by atoms with Gasteiger partial charge in [-0.15, -0.1) is 0 Å². The van der Waals surface area contributed by atoms with Crippen molar-refractivity contribution in [2.45, 2.75) is 6.92 Å². The lowest BCUT2D eigenvalue weighted by atomic mass is 10.1. The summed E-state index contributed by atoms with van der Waals surface area (Å²) in [6, 6.07) is 10.6. The maximum atomic E-state index is 12.0. The third-order valence-corrected chi connectivity index (χ3v) is 4.02. The summed E-state index contributed by atoms with van der Waals surface area (Å²) in [6.45, 7) is 1.88. The molecule has 0 aromatic heterocycles. The second kappa shape index (κ2) is 7.42. The molecule has 2 aromatic carbocycles. The van der Waals surface area contributed by atoms with Gasteiger partial charge in [-0.2, -0.15) is 5.10 Å². The molecular weight excluding hydrogens is 368 g/mol. The van der Waals surface area contributed by atoms with E-state index < -0.39 is 0 Å². The molecule has 2 rings (SSSR count). The Morgan fingerprint density at radius 3 is 2.73 bits per heavy atom. The predicted octanol–water partition coefficient (Wildman–Crippen LogP) is 4.18. The largest absolute Gasteiger partial charge is 0.496 e. The van der Waals surface area contributed by atoms with Crippen molar-refractivity contribution in [2.75, 3.05) is 7.11 Å². The normalized spacial score (nSPS) is 10.7. The first-order chi connectivity index (χ1) is 10.5. The molecule has 0 spiro atoms. The SMILES string of the molecule is COc1ccc(/C=N\NC(=O)c2ccc(C)c(Cl)c2)cc1Br. The van der Waals surface area contributed by atoms with Gasteiger partial charge in [0.1, 0.15) is 5.75 Å². The first kappa shape index (κ1) is 16.5. The highest BCUT2D eigenvalue weighted by molar-refractivity contribution is 9.10. The van der Waals surface area contributed by atoms with Crippen LogP contribution in [0.1, 0.15) is 21.5 Å². The van der Waals surface area contributed by atoms with E-state index in [1.807, 2.05) is 25.1 Å². The van der Waals surface area contributed by atoms with Gasteiger partial charge in [-0.05, 0) is 64.3 Å². The fraction of sp³-hybridized carbons (Fsp3) is 0.125. The molecule has 0 aliphatic heterocycles. The number of methoxy groups -OCH3 is 1. The fourth-order valence-corrected chi connectivity index (χ4v) is 2.47. The van der Waals surface area contributed by atoms with Crippen molar-refractivity contribution in [1.82, 2.24) is 5.43 Å². The number of carbonyl (C=O) groups excluding carboxylic acids is 1. The summed E-state index contributed by atoms with van der Waals surface area (Å²) in [7, 11) is 1.60. The van der Waals surface area contributed by atoms with Gasteiger partial charge in [0.05, 0.1) is 17.8 Å². The van der Waals surface area contributed by atoms with E-state index in [0.29, 0.717) is 10.6 Å². The molecule has 0 atom stereocenters. The van der Waals surface area contributed by atoms with Crippen molar-refractivity contribution in [1.29, 1.82) is 0 Å². The minimum Gasteiger partial charge on any atom is -0.496 e. The molecule has 0 radical (unpaired) electrons. The summed E-state index contributed by atoms with van der Waals surface area (Å²) in [6.07, 6.45) is 1.55. The minimum absolute atomic E-state index is 0.314. The van der Waals surface area contributed by atoms with Crippen molar-refractivity contribution in [3.63, 3.8) is 0 Å². The Bertz CT molecular complexity index is 732. The first-order valence-corrected chi connectivity index (χ1v) is 7.61. The van der Waals surface area contributed by atoms with Crippen LogP contribution in [-0.4, -0.2) is 19.2 Å². The number of rotatable bonds is 4. The number of carbonyl (C=O) groups is 1. The standard InChI is InChI=1S/C16H14BrClN2O2/c1-10-3-5-12(8-14(10)18)16(21)20-19-9-11-4-6-15(22-2)13(17)7-11/h3-9H,1-2H3,(H,20,21)/b19-9-. The topological polar surface area (TPSA) is 50.7 Å². The number of hydrazone groups is 1. The molecule has 0 saturated carbocycles. The summed E-state index contributed by atoms with van der Waals surface area (Å²) in [5, 5.41) is 4.49. The zero-order chi connectivity index (χ0) is 16.1. The molecule has 0 saturated heterocycles. The fourth-order valence-electron chi connectivity index (χ4n) is 1.73. The summed E-state index contributed by atoms with van der Waals surface area (Å²) in [5.74, 6) is 0.418. The van der Waals surface area contributed by atoms with Crippen molar-refractivity contribution < 1.29 is 9.53 Å². The number of nitrogens with one attached hydrogen (secondary N) is 1. The van der Waals surface area contributed by atoms with Gasteiger partial charge in [-0.25, -0.2) is 5.43 Å². The molecule has 0 unspecified atom stereocenters. The average molecular weight is 382 g/mol. The van der Waals surface area contributed by atoms with Crippen LogP contribution in [0.15, 0.2) is 46.0 Å². The van der Waals surface area contributed by atoms with E-state index in [4.69, 9.17) is 16.3 Å². The third kappa shape index (κ3) is 4.08. The Morgan fingerprint density at radius 1 is 1.32 bits per heavy atom. The molecule has 114 valence electrons. The quantitative estimate of drug-likeness (QED) is 0.638. The molecule has 0 bridgehead atoms. The third-order valence-electron chi connectivity index (χ3n) is 2.99. The van der Waals surface area contributed by atoms with E-state index >= 15 is 0 Å². The molecular formula is C16H14BrClN2O2. The second-order valence-corrected chi connectivity index (χ2v) is 5.82. The highest BCUT2D eigenvalue weighted by Crippen LogP contribution is 2.24. The van der Waals surface area contributed by atoms with Gasteiger partial charge in [0.25, 0.3) is 5.91 Å². The second-order valence-electron chi connectivity index (χ2n) is 4.56. The summed E-state index contributed by atoms with van der Waals surface area (Å²) < 4.78 is 5.96. The number of hydrogen-bond acceptors (Lipinski definition) is 3. The number of halogens is 2. The van der Waals surface area contributed by atoms with Gasteiger partial charge in [0.15, 0.2) is 0 Å². The van der Waals surface area contributed by atoms with Crippen LogP contribution in [0.4, 0.5) is 0 Å². The summed E-state index contributed by atoms with van der Waals surface area (Å²) >= 11 is 9.39. The first-order valence-electron chi connectivity index (χ1n) is 6.44. The zero-order valence-electron chi connectivity index (χ0n) is 12.1. The van der Waals surface area contributed by atoms with Crippen molar-refractivity contribution in [3.05, 3.63) is 62.6 Å². The molecule has 0 heterocycles. The Labute approximate surface area is 142 Å². The highest BCUT2D eigenvalue weighted by atomic mass is 79.9. The summed E-state index contributed by atoms with van der Waals surface area (Å²) in [5.41, 5.74) is 4.68. The van der Waals surface area contributed by atoms with Gasteiger partial charge in [0, 0.05) is 10.6 Å². The zero-order valence-corrected chi connectivity index (χ0v) is 14.4. The van der Waals surface area contributed by atoms with Crippen LogP contribution in [0.3, 0.4) is 0 Å². The molecule has 0 aliphatic carbocycles. The average Bonchev–Trinajstić information content (AvgIpc) is 2.50. The molecule has 2 aromatic rings. The molecule has 22 heavy (non-hydrogen) atoms. The lowest BCUT2D eigenvalue weighted by Crippen LogP contribution is -2.17. The highest BCUT2D eigenvalue weighted by Gasteiger charge is 2.06. The Hall–Kier alpha value is -1.85. The van der Waals surface area contributed by atoms with Gasteiger partial charge in [-0.3, -0.25) is 4.79 Å². The molecule has 1 N–H and O–H groups in total. The van der Waals surface area contributed by atoms with Crippen LogP contribution in [0, 0.1) is 6.92 Å². The van der Waals surface area contributed by atoms with Crippen molar-refractivity contribution >= 4 is 39.7 Å². The van der Waals surface area contributed by atoms with Crippen LogP contribution in [0.25, 0.3) is 0 Å². The maximum Gasteiger partial charge on any atom is 0.271 e. The number of hydrogen-bond donors (Lipinski definition) is 1. The van der Waals surface area contributed by atoms with Gasteiger partial charge >= 0.3 is 0 Å². The van der Waals surface area contributed by atoms with E-state index in [1.165, 1.54) is 0 Å². The van der Waals surface area contributed by atoms with Crippen LogP contribution < -0.4 is 10.2 Å². The molecule has 0 fully saturated rings. The van der Waals surface area contributed by atoms with Crippen molar-refractivity contribution in [2.24, 2.45) is 5.10 Å². The molecule has 1 amide bonds. The maximum absolute atomic E-state index is 12.0. The number of aryl methyl sites for hydroxylation is 1. The van der Waals surface area contributed by atoms with Crippen LogP contribution in [0.2, 0.25) is 5.02 Å². The smallest absolute Gasteiger partial charge is 0.271 e. The molecule has 6 heteroatoms. The van der Waals surface area contributed by atoms with Crippen molar-refractivity contribution in [3.8, 4) is 5.75 Å². The Morgan fingerprint density at radius 2 is 2.09 bits per heavy atom. The number of nitrogens with zero attached hydrogens (tertiary/aromatic N) is 1. The van der Waals surface area contributed by atoms with E-state index in [9.17, 15) is 4.79 Å². The predicted molar refractivity (Wildman–Crippen MR) is 91.9 cm³/mol. The Balaban J connectivity index is 2.04. The number of amides is 1. The monoisotopic (exact) mass is 380 g/mol. The van der Waals surface area contributed by atoms with E-state index in [0.717, 1.165) is 21.3 Å². The Kier molecular flexibility index (Phi) is 5.57.